The molecule has 0 radical (unpaired) electrons. The van der Waals surface area contributed by atoms with Crippen LogP contribution in [0.1, 0.15) is 56.3 Å². The lowest BCUT2D eigenvalue weighted by Crippen LogP contribution is -2.52. The topological polar surface area (TPSA) is 115 Å². The Balaban J connectivity index is 1.34. The minimum absolute atomic E-state index is 0.0787. The number of nitrogens with one attached hydrogen (secondary N) is 1. The Morgan fingerprint density at radius 3 is 2.57 bits per heavy atom. The van der Waals surface area contributed by atoms with Gasteiger partial charge in [0.15, 0.2) is 0 Å². The average Bonchev–Trinajstić information content (AvgIpc) is 3.52. The second-order valence-corrected chi connectivity index (χ2v) is 11.5. The molecule has 4 amide bonds. The maximum Gasteiger partial charge on any atom is 0.408 e. The molecular formula is C31H37N5O6. The maximum atomic E-state index is 13.6. The van der Waals surface area contributed by atoms with Gasteiger partial charge in [0.25, 0.3) is 0 Å². The fourth-order valence-corrected chi connectivity index (χ4v) is 5.49. The van der Waals surface area contributed by atoms with Gasteiger partial charge >= 0.3 is 12.1 Å². The minimum atomic E-state index is -0.562. The van der Waals surface area contributed by atoms with Crippen LogP contribution in [0.25, 0.3) is 11.4 Å². The average molecular weight is 576 g/mol. The van der Waals surface area contributed by atoms with Crippen LogP contribution in [0, 0.1) is 0 Å². The molecule has 11 nitrogen and oxygen atoms in total. The van der Waals surface area contributed by atoms with Crippen LogP contribution in [0.5, 0.6) is 11.5 Å². The number of fused-ring (bicyclic) bond motifs is 1. The Morgan fingerprint density at radius 1 is 1.07 bits per heavy atom. The summed E-state index contributed by atoms with van der Waals surface area (Å²) in [5, 5.41) is 2.98. The largest absolute Gasteiger partial charge is 0.497 e. The first kappa shape index (κ1) is 29.0. The van der Waals surface area contributed by atoms with Gasteiger partial charge in [0.05, 0.1) is 33.0 Å². The van der Waals surface area contributed by atoms with Crippen molar-refractivity contribution in [1.29, 1.82) is 0 Å². The van der Waals surface area contributed by atoms with Crippen molar-refractivity contribution in [3.05, 3.63) is 59.3 Å². The number of methoxy groups -OCH3 is 2. The molecule has 1 aromatic heterocycles. The standard InChI is InChI=1S/C31H37N5O6/c1-31(2,3)42-29(38)33-24-12-9-19-15-20(8-11-23(19)24)28-32-17-26(34(28)4)35-14-13-27(37)36(30(35)39)18-21-7-10-22(40-5)16-25(21)41-6/h7-8,10-11,15-17,24H,9,12-14,18H2,1-6H3,(H,33,38). The van der Waals surface area contributed by atoms with Gasteiger partial charge in [-0.25, -0.2) is 14.6 Å². The van der Waals surface area contributed by atoms with Gasteiger partial charge in [0, 0.05) is 37.2 Å². The number of imide groups is 1. The number of hydrogen-bond donors (Lipinski definition) is 1. The van der Waals surface area contributed by atoms with E-state index >= 15 is 0 Å². The summed E-state index contributed by atoms with van der Waals surface area (Å²) in [4.78, 5) is 46.3. The molecule has 1 unspecified atom stereocenters. The van der Waals surface area contributed by atoms with Crippen LogP contribution in [0.3, 0.4) is 0 Å². The highest BCUT2D eigenvalue weighted by Crippen LogP contribution is 2.35. The van der Waals surface area contributed by atoms with Crippen molar-refractivity contribution in [2.75, 3.05) is 25.7 Å². The van der Waals surface area contributed by atoms with Crippen molar-refractivity contribution in [1.82, 2.24) is 19.8 Å². The number of benzene rings is 2. The molecule has 1 saturated heterocycles. The number of aromatic nitrogens is 2. The molecule has 1 fully saturated rings. The summed E-state index contributed by atoms with van der Waals surface area (Å²) in [5.41, 5.74) is 3.24. The number of carbonyl (C=O) groups excluding carboxylic acids is 3. The molecule has 1 atom stereocenters. The highest BCUT2D eigenvalue weighted by molar-refractivity contribution is 6.05. The van der Waals surface area contributed by atoms with Crippen molar-refractivity contribution in [2.45, 2.75) is 58.2 Å². The number of urea groups is 1. The van der Waals surface area contributed by atoms with E-state index < -0.39 is 17.7 Å². The summed E-state index contributed by atoms with van der Waals surface area (Å²) in [7, 11) is 4.96. The second kappa shape index (κ2) is 11.4. The Morgan fingerprint density at radius 2 is 1.86 bits per heavy atom. The van der Waals surface area contributed by atoms with E-state index in [1.165, 1.54) is 12.0 Å². The van der Waals surface area contributed by atoms with E-state index in [1.54, 1.807) is 36.4 Å². The number of aryl methyl sites for hydroxylation is 1. The van der Waals surface area contributed by atoms with Gasteiger partial charge in [-0.1, -0.05) is 12.1 Å². The molecule has 2 aromatic carbocycles. The number of nitrogens with zero attached hydrogens (tertiary/aromatic N) is 4. The Hall–Kier alpha value is -4.54. The zero-order valence-electron chi connectivity index (χ0n) is 24.9. The Kier molecular flexibility index (Phi) is 7.85. The highest BCUT2D eigenvalue weighted by Gasteiger charge is 2.35. The number of imidazole rings is 1. The third-order valence-corrected chi connectivity index (χ3v) is 7.54. The molecule has 2 aliphatic rings. The fraction of sp³-hybridized carbons (Fsp3) is 0.419. The van der Waals surface area contributed by atoms with Gasteiger partial charge in [0.2, 0.25) is 5.91 Å². The number of hydrogen-bond acceptors (Lipinski definition) is 7. The molecule has 5 rings (SSSR count). The summed E-state index contributed by atoms with van der Waals surface area (Å²) < 4.78 is 18.0. The lowest BCUT2D eigenvalue weighted by molar-refractivity contribution is -0.129. The number of alkyl carbamates (subject to hydrolysis) is 1. The Bertz CT molecular complexity index is 1520. The van der Waals surface area contributed by atoms with Crippen LogP contribution in [0.2, 0.25) is 0 Å². The van der Waals surface area contributed by atoms with E-state index in [-0.39, 0.29) is 31.5 Å². The van der Waals surface area contributed by atoms with Crippen LogP contribution in [-0.4, -0.2) is 58.8 Å². The number of rotatable bonds is 7. The van der Waals surface area contributed by atoms with Gasteiger partial charge in [-0.3, -0.25) is 14.6 Å². The molecule has 3 aromatic rings. The number of amides is 4. The van der Waals surface area contributed by atoms with E-state index in [1.807, 2.05) is 44.5 Å². The molecule has 11 heteroatoms. The molecule has 0 saturated carbocycles. The molecule has 222 valence electrons. The van der Waals surface area contributed by atoms with Crippen molar-refractivity contribution < 1.29 is 28.6 Å². The van der Waals surface area contributed by atoms with Crippen molar-refractivity contribution in [2.24, 2.45) is 7.05 Å². The molecule has 1 N–H and O–H groups in total. The molecule has 0 spiro atoms. The zero-order valence-corrected chi connectivity index (χ0v) is 24.9. The van der Waals surface area contributed by atoms with Gasteiger partial charge in [0.1, 0.15) is 28.7 Å². The van der Waals surface area contributed by atoms with E-state index in [2.05, 4.69) is 16.4 Å². The first-order chi connectivity index (χ1) is 20.0. The lowest BCUT2D eigenvalue weighted by Gasteiger charge is -2.34. The minimum Gasteiger partial charge on any atom is -0.497 e. The molecule has 0 bridgehead atoms. The van der Waals surface area contributed by atoms with Crippen LogP contribution in [-0.2, 0) is 29.5 Å². The van der Waals surface area contributed by atoms with Gasteiger partial charge in [-0.2, -0.15) is 0 Å². The number of anilines is 1. The fourth-order valence-electron chi connectivity index (χ4n) is 5.49. The van der Waals surface area contributed by atoms with Crippen LogP contribution in [0.4, 0.5) is 15.4 Å². The van der Waals surface area contributed by atoms with Gasteiger partial charge < -0.3 is 24.1 Å². The van der Waals surface area contributed by atoms with Crippen molar-refractivity contribution in [3.8, 4) is 22.9 Å². The number of ether oxygens (including phenoxy) is 3. The van der Waals surface area contributed by atoms with E-state index in [9.17, 15) is 14.4 Å². The molecule has 2 heterocycles. The smallest absolute Gasteiger partial charge is 0.408 e. The van der Waals surface area contributed by atoms with Crippen LogP contribution in [0.15, 0.2) is 42.6 Å². The first-order valence-electron chi connectivity index (χ1n) is 14.0. The first-order valence-corrected chi connectivity index (χ1v) is 14.0. The quantitative estimate of drug-likeness (QED) is 0.423. The SMILES string of the molecule is COc1ccc(CN2C(=O)CCN(c3cnc(-c4ccc5c(c4)CCC5NC(=O)OC(C)(C)C)n3C)C2=O)c(OC)c1. The van der Waals surface area contributed by atoms with E-state index in [4.69, 9.17) is 14.2 Å². The normalized spacial score (nSPS) is 16.9. The summed E-state index contributed by atoms with van der Waals surface area (Å²) in [6, 6.07) is 10.8. The third-order valence-electron chi connectivity index (χ3n) is 7.54. The monoisotopic (exact) mass is 575 g/mol. The molecule has 42 heavy (non-hydrogen) atoms. The highest BCUT2D eigenvalue weighted by atomic mass is 16.6. The molecular weight excluding hydrogens is 538 g/mol. The Labute approximate surface area is 245 Å². The summed E-state index contributed by atoms with van der Waals surface area (Å²) in [5.74, 6) is 2.21. The predicted octanol–water partition coefficient (Wildman–Crippen LogP) is 4.98. The van der Waals surface area contributed by atoms with Crippen LogP contribution >= 0.6 is 0 Å². The zero-order chi connectivity index (χ0) is 30.2. The number of carbonyl (C=O) groups is 3. The van der Waals surface area contributed by atoms with Gasteiger partial charge in [-0.15, -0.1) is 0 Å². The van der Waals surface area contributed by atoms with E-state index in [0.717, 1.165) is 29.5 Å². The summed E-state index contributed by atoms with van der Waals surface area (Å²) in [6.45, 7) is 5.86. The third kappa shape index (κ3) is 5.77. The van der Waals surface area contributed by atoms with Gasteiger partial charge in [-0.05, 0) is 62.9 Å². The van der Waals surface area contributed by atoms with Crippen molar-refractivity contribution in [3.63, 3.8) is 0 Å². The maximum absolute atomic E-state index is 13.6. The summed E-state index contributed by atoms with van der Waals surface area (Å²) in [6.07, 6.45) is 3.03. The second-order valence-electron chi connectivity index (χ2n) is 11.5. The van der Waals surface area contributed by atoms with Crippen molar-refractivity contribution >= 4 is 23.8 Å². The van der Waals surface area contributed by atoms with Crippen LogP contribution < -0.4 is 19.7 Å². The predicted molar refractivity (Wildman–Crippen MR) is 157 cm³/mol. The summed E-state index contributed by atoms with van der Waals surface area (Å²) >= 11 is 0. The molecule has 1 aliphatic heterocycles. The lowest BCUT2D eigenvalue weighted by atomic mass is 10.0. The van der Waals surface area contributed by atoms with E-state index in [0.29, 0.717) is 28.7 Å². The molecule has 1 aliphatic carbocycles.